The Bertz CT molecular complexity index is 324. The summed E-state index contributed by atoms with van der Waals surface area (Å²) in [7, 11) is 0. The molecule has 104 valence electrons. The molecule has 4 nitrogen and oxygen atoms in total. The van der Waals surface area contributed by atoms with Crippen molar-refractivity contribution in [2.45, 2.75) is 77.9 Å². The van der Waals surface area contributed by atoms with E-state index in [2.05, 4.69) is 26.1 Å². The van der Waals surface area contributed by atoms with E-state index in [0.717, 1.165) is 19.3 Å². The fraction of sp³-hybridized carbons (Fsp3) is 0.857. The summed E-state index contributed by atoms with van der Waals surface area (Å²) in [6, 6.07) is -0.331. The van der Waals surface area contributed by atoms with E-state index in [4.69, 9.17) is 0 Å². The number of nitrogens with zero attached hydrogens (tertiary/aromatic N) is 1. The van der Waals surface area contributed by atoms with E-state index < -0.39 is 0 Å². The molecule has 2 atom stereocenters. The lowest BCUT2D eigenvalue weighted by Crippen LogP contribution is -2.51. The highest BCUT2D eigenvalue weighted by Gasteiger charge is 2.42. The highest BCUT2D eigenvalue weighted by molar-refractivity contribution is 6.05. The van der Waals surface area contributed by atoms with Gasteiger partial charge in [0, 0.05) is 11.6 Å². The summed E-state index contributed by atoms with van der Waals surface area (Å²) in [5, 5.41) is 3.37. The average Bonchev–Trinajstić information content (AvgIpc) is 2.63. The molecule has 1 aliphatic rings. The zero-order valence-electron chi connectivity index (χ0n) is 12.2. The average molecular weight is 254 g/mol. The van der Waals surface area contributed by atoms with Gasteiger partial charge in [0.1, 0.15) is 0 Å². The maximum Gasteiger partial charge on any atom is 0.247 e. The minimum Gasteiger partial charge on any atom is -0.300 e. The van der Waals surface area contributed by atoms with Gasteiger partial charge in [0.2, 0.25) is 11.8 Å². The summed E-state index contributed by atoms with van der Waals surface area (Å²) >= 11 is 0. The number of likely N-dealkylation sites (tertiary alicyclic amines) is 1. The van der Waals surface area contributed by atoms with E-state index >= 15 is 0 Å². The Morgan fingerprint density at radius 2 is 1.89 bits per heavy atom. The fourth-order valence-corrected chi connectivity index (χ4v) is 2.28. The van der Waals surface area contributed by atoms with E-state index in [-0.39, 0.29) is 29.4 Å². The van der Waals surface area contributed by atoms with Crippen molar-refractivity contribution in [2.75, 3.05) is 0 Å². The number of amides is 2. The Balaban J connectivity index is 2.77. The molecule has 0 aromatic carbocycles. The van der Waals surface area contributed by atoms with Gasteiger partial charge < -0.3 is 5.32 Å². The molecular weight excluding hydrogens is 228 g/mol. The molecule has 1 fully saturated rings. The molecule has 2 unspecified atom stereocenters. The van der Waals surface area contributed by atoms with E-state index in [1.54, 1.807) is 0 Å². The highest BCUT2D eigenvalue weighted by atomic mass is 16.2. The quantitative estimate of drug-likeness (QED) is 0.738. The van der Waals surface area contributed by atoms with Crippen LogP contribution in [0, 0.1) is 0 Å². The predicted molar refractivity (Wildman–Crippen MR) is 72.1 cm³/mol. The number of carbonyl (C=O) groups excluding carboxylic acids is 2. The molecule has 0 aliphatic carbocycles. The smallest absolute Gasteiger partial charge is 0.247 e. The molecule has 0 aromatic rings. The van der Waals surface area contributed by atoms with Gasteiger partial charge in [-0.15, -0.1) is 0 Å². The van der Waals surface area contributed by atoms with E-state index in [0.29, 0.717) is 6.42 Å². The van der Waals surface area contributed by atoms with Crippen LogP contribution in [0.2, 0.25) is 0 Å². The summed E-state index contributed by atoms with van der Waals surface area (Å²) in [5.41, 5.74) is -0.0634. The minimum atomic E-state index is -0.337. The first-order valence-electron chi connectivity index (χ1n) is 7.02. The van der Waals surface area contributed by atoms with Gasteiger partial charge in [-0.3, -0.25) is 14.5 Å². The SMILES string of the molecule is CCC(C)N1C(=O)CC(NC(C)(CC)CC)C1=O. The second-order valence-electron chi connectivity index (χ2n) is 5.53. The number of imide groups is 1. The summed E-state index contributed by atoms with van der Waals surface area (Å²) in [5.74, 6) is -0.0936. The van der Waals surface area contributed by atoms with Gasteiger partial charge in [-0.2, -0.15) is 0 Å². The maximum atomic E-state index is 12.3. The lowest BCUT2D eigenvalue weighted by atomic mass is 9.94. The van der Waals surface area contributed by atoms with Gasteiger partial charge in [-0.25, -0.2) is 0 Å². The Kier molecular flexibility index (Phi) is 4.91. The van der Waals surface area contributed by atoms with Crippen molar-refractivity contribution in [2.24, 2.45) is 0 Å². The third-order valence-electron chi connectivity index (χ3n) is 4.30. The van der Waals surface area contributed by atoms with Crippen molar-refractivity contribution in [3.8, 4) is 0 Å². The van der Waals surface area contributed by atoms with Gasteiger partial charge in [0.25, 0.3) is 0 Å². The van der Waals surface area contributed by atoms with Crippen LogP contribution in [0.25, 0.3) is 0 Å². The molecule has 1 rings (SSSR count). The number of carbonyl (C=O) groups is 2. The minimum absolute atomic E-state index is 0.00584. The van der Waals surface area contributed by atoms with Gasteiger partial charge in [0.15, 0.2) is 0 Å². The molecular formula is C14H26N2O2. The molecule has 2 amide bonds. The molecule has 1 heterocycles. The Hall–Kier alpha value is -0.900. The van der Waals surface area contributed by atoms with Gasteiger partial charge >= 0.3 is 0 Å². The Morgan fingerprint density at radius 3 is 2.33 bits per heavy atom. The van der Waals surface area contributed by atoms with Crippen LogP contribution in [0.4, 0.5) is 0 Å². The molecule has 0 saturated carbocycles. The number of rotatable bonds is 6. The summed E-state index contributed by atoms with van der Waals surface area (Å²) in [4.78, 5) is 25.6. The molecule has 1 aliphatic heterocycles. The summed E-state index contributed by atoms with van der Waals surface area (Å²) < 4.78 is 0. The van der Waals surface area contributed by atoms with Crippen LogP contribution in [0.5, 0.6) is 0 Å². The first-order valence-corrected chi connectivity index (χ1v) is 7.02. The predicted octanol–water partition coefficient (Wildman–Crippen LogP) is 2.08. The molecule has 0 aromatic heterocycles. The highest BCUT2D eigenvalue weighted by Crippen LogP contribution is 2.22. The van der Waals surface area contributed by atoms with Crippen LogP contribution in [0.15, 0.2) is 0 Å². The third-order valence-corrected chi connectivity index (χ3v) is 4.30. The van der Waals surface area contributed by atoms with Crippen LogP contribution in [-0.2, 0) is 9.59 Å². The Labute approximate surface area is 110 Å². The van der Waals surface area contributed by atoms with Crippen molar-refractivity contribution in [3.63, 3.8) is 0 Å². The van der Waals surface area contributed by atoms with Crippen molar-refractivity contribution < 1.29 is 9.59 Å². The zero-order chi connectivity index (χ0) is 13.9. The number of nitrogens with one attached hydrogen (secondary N) is 1. The van der Waals surface area contributed by atoms with E-state index in [1.807, 2.05) is 13.8 Å². The van der Waals surface area contributed by atoms with Gasteiger partial charge in [-0.1, -0.05) is 20.8 Å². The van der Waals surface area contributed by atoms with Crippen LogP contribution < -0.4 is 5.32 Å². The molecule has 4 heteroatoms. The molecule has 0 spiro atoms. The zero-order valence-corrected chi connectivity index (χ0v) is 12.2. The van der Waals surface area contributed by atoms with Crippen LogP contribution >= 0.6 is 0 Å². The van der Waals surface area contributed by atoms with Crippen LogP contribution in [0.3, 0.4) is 0 Å². The van der Waals surface area contributed by atoms with Crippen molar-refractivity contribution in [3.05, 3.63) is 0 Å². The molecule has 1 saturated heterocycles. The van der Waals surface area contributed by atoms with Crippen LogP contribution in [0.1, 0.15) is 60.3 Å². The van der Waals surface area contributed by atoms with E-state index in [9.17, 15) is 9.59 Å². The van der Waals surface area contributed by atoms with Crippen molar-refractivity contribution >= 4 is 11.8 Å². The largest absolute Gasteiger partial charge is 0.300 e. The fourth-order valence-electron chi connectivity index (χ4n) is 2.28. The molecule has 1 N–H and O–H groups in total. The third kappa shape index (κ3) is 2.91. The normalized spacial score (nSPS) is 22.7. The summed E-state index contributed by atoms with van der Waals surface area (Å²) in [6.07, 6.45) is 3.01. The molecule has 0 bridgehead atoms. The van der Waals surface area contributed by atoms with Gasteiger partial charge in [0.05, 0.1) is 12.5 Å². The van der Waals surface area contributed by atoms with Crippen molar-refractivity contribution in [1.29, 1.82) is 0 Å². The Morgan fingerprint density at radius 1 is 1.33 bits per heavy atom. The molecule has 0 radical (unpaired) electrons. The van der Waals surface area contributed by atoms with E-state index in [1.165, 1.54) is 4.90 Å². The standard InChI is InChI=1S/C14H26N2O2/c1-6-10(4)16-12(17)9-11(13(16)18)15-14(5,7-2)8-3/h10-11,15H,6-9H2,1-5H3. The topological polar surface area (TPSA) is 49.4 Å². The number of hydrogen-bond donors (Lipinski definition) is 1. The molecule has 18 heavy (non-hydrogen) atoms. The lowest BCUT2D eigenvalue weighted by Gasteiger charge is -2.31. The lowest BCUT2D eigenvalue weighted by molar-refractivity contribution is -0.141. The second kappa shape index (κ2) is 5.83. The summed E-state index contributed by atoms with van der Waals surface area (Å²) in [6.45, 7) is 10.2. The number of hydrogen-bond acceptors (Lipinski definition) is 3. The maximum absolute atomic E-state index is 12.3. The first kappa shape index (κ1) is 15.2. The van der Waals surface area contributed by atoms with Gasteiger partial charge in [-0.05, 0) is 33.1 Å². The van der Waals surface area contributed by atoms with Crippen LogP contribution in [-0.4, -0.2) is 34.3 Å². The first-order chi connectivity index (χ1) is 8.38. The monoisotopic (exact) mass is 254 g/mol. The van der Waals surface area contributed by atoms with Crippen molar-refractivity contribution in [1.82, 2.24) is 10.2 Å². The second-order valence-corrected chi connectivity index (χ2v) is 5.53.